The first kappa shape index (κ1) is 22.2. The van der Waals surface area contributed by atoms with Gasteiger partial charge in [-0.3, -0.25) is 0 Å². The topological polar surface area (TPSA) is 77.0 Å². The van der Waals surface area contributed by atoms with Crippen molar-refractivity contribution in [1.82, 2.24) is 0 Å². The summed E-state index contributed by atoms with van der Waals surface area (Å²) in [5.74, 6) is 0.0905. The third kappa shape index (κ3) is 5.58. The monoisotopic (exact) mass is 445 g/mol. The molecule has 0 atom stereocenters. The fourth-order valence-electron chi connectivity index (χ4n) is 2.90. The Hall–Kier alpha value is -3.45. The molecule has 3 aromatic rings. The van der Waals surface area contributed by atoms with E-state index in [1.165, 1.54) is 38.5 Å². The van der Waals surface area contributed by atoms with Crippen LogP contribution in [0.4, 0.5) is 10.1 Å². The van der Waals surface area contributed by atoms with Crippen LogP contribution in [0.5, 0.6) is 17.2 Å². The predicted octanol–water partition coefficient (Wildman–Crippen LogP) is 5.39. The van der Waals surface area contributed by atoms with Crippen molar-refractivity contribution in [3.63, 3.8) is 0 Å². The van der Waals surface area contributed by atoms with Crippen LogP contribution >= 0.6 is 11.6 Å². The Morgan fingerprint density at radius 1 is 1.00 bits per heavy atom. The number of hydrogen-bond acceptors (Lipinski definition) is 5. The Bertz CT molecular complexity index is 1070. The molecule has 3 aromatic carbocycles. The molecule has 0 fully saturated rings. The van der Waals surface area contributed by atoms with E-state index in [-0.39, 0.29) is 18.0 Å². The van der Waals surface area contributed by atoms with Crippen molar-refractivity contribution >= 4 is 23.3 Å². The highest BCUT2D eigenvalue weighted by atomic mass is 35.5. The summed E-state index contributed by atoms with van der Waals surface area (Å²) in [6.45, 7) is 0.524. The van der Waals surface area contributed by atoms with Crippen molar-refractivity contribution in [3.8, 4) is 17.2 Å². The van der Waals surface area contributed by atoms with Gasteiger partial charge in [0.2, 0.25) is 0 Å². The van der Waals surface area contributed by atoms with Crippen LogP contribution in [-0.2, 0) is 13.2 Å². The summed E-state index contributed by atoms with van der Waals surface area (Å²) in [5, 5.41) is 12.8. The van der Waals surface area contributed by atoms with Crippen LogP contribution in [0.3, 0.4) is 0 Å². The van der Waals surface area contributed by atoms with Crippen LogP contribution in [0.25, 0.3) is 0 Å². The quantitative estimate of drug-likeness (QED) is 0.460. The molecule has 0 aliphatic heterocycles. The zero-order chi connectivity index (χ0) is 22.4. The number of nitrogens with one attached hydrogen (secondary N) is 1. The van der Waals surface area contributed by atoms with E-state index in [0.29, 0.717) is 34.5 Å². The maximum absolute atomic E-state index is 13.0. The molecule has 6 nitrogen and oxygen atoms in total. The second-order valence-electron chi connectivity index (χ2n) is 6.58. The number of anilines is 1. The number of rotatable bonds is 9. The van der Waals surface area contributed by atoms with E-state index in [0.717, 1.165) is 11.1 Å². The molecule has 162 valence electrons. The number of halogens is 2. The van der Waals surface area contributed by atoms with Crippen molar-refractivity contribution in [2.24, 2.45) is 0 Å². The lowest BCUT2D eigenvalue weighted by molar-refractivity contribution is 0.0697. The minimum Gasteiger partial charge on any atom is -0.495 e. The molecule has 0 saturated heterocycles. The second-order valence-corrected chi connectivity index (χ2v) is 6.99. The average molecular weight is 446 g/mol. The number of hydrogen-bond donors (Lipinski definition) is 2. The lowest BCUT2D eigenvalue weighted by Crippen LogP contribution is -2.05. The Morgan fingerprint density at radius 2 is 1.71 bits per heavy atom. The van der Waals surface area contributed by atoms with Gasteiger partial charge in [0.15, 0.2) is 11.5 Å². The van der Waals surface area contributed by atoms with Crippen molar-refractivity contribution in [2.75, 3.05) is 19.5 Å². The van der Waals surface area contributed by atoms with Crippen LogP contribution in [-0.4, -0.2) is 25.3 Å². The third-order valence-electron chi connectivity index (χ3n) is 4.56. The van der Waals surface area contributed by atoms with Crippen LogP contribution < -0.4 is 19.5 Å². The van der Waals surface area contributed by atoms with Crippen LogP contribution in [0, 0.1) is 5.82 Å². The summed E-state index contributed by atoms with van der Waals surface area (Å²) in [6, 6.07) is 13.9. The van der Waals surface area contributed by atoms with Gasteiger partial charge >= 0.3 is 5.97 Å². The summed E-state index contributed by atoms with van der Waals surface area (Å²) < 4.78 is 29.6. The number of carbonyl (C=O) groups is 1. The Balaban J connectivity index is 1.76. The largest absolute Gasteiger partial charge is 0.495 e. The second kappa shape index (κ2) is 10.0. The summed E-state index contributed by atoms with van der Waals surface area (Å²) in [4.78, 5) is 11.2. The van der Waals surface area contributed by atoms with E-state index in [4.69, 9.17) is 25.8 Å². The van der Waals surface area contributed by atoms with Gasteiger partial charge in [-0.05, 0) is 47.5 Å². The van der Waals surface area contributed by atoms with E-state index in [1.807, 2.05) is 0 Å². The van der Waals surface area contributed by atoms with Crippen LogP contribution in [0.1, 0.15) is 21.5 Å². The van der Waals surface area contributed by atoms with Crippen LogP contribution in [0.15, 0.2) is 54.6 Å². The molecular weight excluding hydrogens is 425 g/mol. The highest BCUT2D eigenvalue weighted by molar-refractivity contribution is 6.31. The zero-order valence-corrected chi connectivity index (χ0v) is 17.7. The molecule has 0 spiro atoms. The molecule has 0 aromatic heterocycles. The van der Waals surface area contributed by atoms with Gasteiger partial charge in [-0.25, -0.2) is 9.18 Å². The normalized spacial score (nSPS) is 10.5. The fraction of sp³-hybridized carbons (Fsp3) is 0.174. The molecule has 31 heavy (non-hydrogen) atoms. The number of carboxylic acid groups (broad SMARTS) is 1. The average Bonchev–Trinajstić information content (AvgIpc) is 2.77. The molecule has 0 heterocycles. The van der Waals surface area contributed by atoms with Gasteiger partial charge in [-0.1, -0.05) is 23.7 Å². The van der Waals surface area contributed by atoms with E-state index < -0.39 is 5.97 Å². The summed E-state index contributed by atoms with van der Waals surface area (Å²) >= 11 is 6.43. The van der Waals surface area contributed by atoms with Crippen molar-refractivity contribution in [1.29, 1.82) is 0 Å². The Morgan fingerprint density at radius 3 is 2.35 bits per heavy atom. The lowest BCUT2D eigenvalue weighted by Gasteiger charge is -2.16. The van der Waals surface area contributed by atoms with E-state index >= 15 is 0 Å². The standard InChI is InChI=1S/C23H21ClFNO5/c1-29-20-8-5-15(23(27)28)9-19(20)26-12-16-10-21(30-2)22(11-18(16)24)31-13-14-3-6-17(25)7-4-14/h3-11,26H,12-13H2,1-2H3,(H,27,28). The van der Waals surface area contributed by atoms with Gasteiger partial charge in [-0.2, -0.15) is 0 Å². The molecule has 3 rings (SSSR count). The van der Waals surface area contributed by atoms with Crippen molar-refractivity contribution in [3.05, 3.63) is 82.1 Å². The van der Waals surface area contributed by atoms with Gasteiger partial charge in [-0.15, -0.1) is 0 Å². The first-order valence-electron chi connectivity index (χ1n) is 9.30. The molecule has 0 amide bonds. The number of carboxylic acids is 1. The molecule has 8 heteroatoms. The number of benzene rings is 3. The van der Waals surface area contributed by atoms with Crippen molar-refractivity contribution in [2.45, 2.75) is 13.2 Å². The molecule has 0 saturated carbocycles. The van der Waals surface area contributed by atoms with Gasteiger partial charge in [0, 0.05) is 17.6 Å². The summed E-state index contributed by atoms with van der Waals surface area (Å²) in [7, 11) is 3.02. The van der Waals surface area contributed by atoms with Gasteiger partial charge < -0.3 is 24.6 Å². The van der Waals surface area contributed by atoms with Gasteiger partial charge in [0.1, 0.15) is 18.2 Å². The maximum atomic E-state index is 13.0. The summed E-state index contributed by atoms with van der Waals surface area (Å²) in [5.41, 5.74) is 2.18. The molecule has 0 unspecified atom stereocenters. The molecule has 0 radical (unpaired) electrons. The van der Waals surface area contributed by atoms with Crippen LogP contribution in [0.2, 0.25) is 5.02 Å². The van der Waals surface area contributed by atoms with Gasteiger partial charge in [0.05, 0.1) is 25.5 Å². The molecule has 0 aliphatic rings. The first-order chi connectivity index (χ1) is 14.9. The molecule has 0 aliphatic carbocycles. The lowest BCUT2D eigenvalue weighted by atomic mass is 10.1. The van der Waals surface area contributed by atoms with Gasteiger partial charge in [0.25, 0.3) is 0 Å². The summed E-state index contributed by atoms with van der Waals surface area (Å²) in [6.07, 6.45) is 0. The minimum atomic E-state index is -1.03. The van der Waals surface area contributed by atoms with Crippen molar-refractivity contribution < 1.29 is 28.5 Å². The molecule has 0 bridgehead atoms. The molecule has 2 N–H and O–H groups in total. The van der Waals surface area contributed by atoms with E-state index in [2.05, 4.69) is 5.32 Å². The number of aromatic carboxylic acids is 1. The highest BCUT2D eigenvalue weighted by Crippen LogP contribution is 2.35. The predicted molar refractivity (Wildman–Crippen MR) is 116 cm³/mol. The highest BCUT2D eigenvalue weighted by Gasteiger charge is 2.13. The third-order valence-corrected chi connectivity index (χ3v) is 4.91. The Kier molecular flexibility index (Phi) is 7.20. The van der Waals surface area contributed by atoms with E-state index in [9.17, 15) is 14.3 Å². The smallest absolute Gasteiger partial charge is 0.335 e. The first-order valence-corrected chi connectivity index (χ1v) is 9.68. The maximum Gasteiger partial charge on any atom is 0.335 e. The molecular formula is C23H21ClFNO5. The Labute approximate surface area is 184 Å². The SMILES string of the molecule is COc1ccc(C(=O)O)cc1NCc1cc(OC)c(OCc2ccc(F)cc2)cc1Cl. The number of ether oxygens (including phenoxy) is 3. The minimum absolute atomic E-state index is 0.136. The number of methoxy groups -OCH3 is 2. The fourth-order valence-corrected chi connectivity index (χ4v) is 3.12. The van der Waals surface area contributed by atoms with E-state index in [1.54, 1.807) is 30.3 Å². The zero-order valence-electron chi connectivity index (χ0n) is 16.9.